The van der Waals surface area contributed by atoms with Gasteiger partial charge < -0.3 is 5.32 Å². The molecule has 0 bridgehead atoms. The van der Waals surface area contributed by atoms with E-state index < -0.39 is 0 Å². The van der Waals surface area contributed by atoms with Gasteiger partial charge in [0.15, 0.2) is 0 Å². The molecule has 4 heteroatoms. The lowest BCUT2D eigenvalue weighted by molar-refractivity contribution is 0.300. The zero-order valence-corrected chi connectivity index (χ0v) is 11.7. The number of aryl methyl sites for hydroxylation is 1. The van der Waals surface area contributed by atoms with Crippen LogP contribution in [0, 0.1) is 5.41 Å². The molecule has 1 heterocycles. The van der Waals surface area contributed by atoms with Crippen LogP contribution in [-0.2, 0) is 13.6 Å². The van der Waals surface area contributed by atoms with Crippen LogP contribution in [0.1, 0.15) is 52.3 Å². The number of hydrogen-bond acceptors (Lipinski definition) is 3. The average molecular weight is 238 g/mol. The van der Waals surface area contributed by atoms with Crippen LogP contribution >= 0.6 is 0 Å². The van der Waals surface area contributed by atoms with Gasteiger partial charge in [0.25, 0.3) is 0 Å². The Morgan fingerprint density at radius 2 is 2.12 bits per heavy atom. The highest BCUT2D eigenvalue weighted by atomic mass is 15.3. The van der Waals surface area contributed by atoms with Gasteiger partial charge in [0.1, 0.15) is 12.2 Å². The second-order valence-electron chi connectivity index (χ2n) is 5.52. The Labute approximate surface area is 105 Å². The van der Waals surface area contributed by atoms with E-state index in [1.165, 1.54) is 25.7 Å². The number of unbranched alkanes of at least 4 members (excludes halogenated alkanes) is 2. The summed E-state index contributed by atoms with van der Waals surface area (Å²) in [6.07, 6.45) is 6.85. The molecule has 0 amide bonds. The van der Waals surface area contributed by atoms with E-state index in [1.807, 2.05) is 11.7 Å². The lowest BCUT2D eigenvalue weighted by Gasteiger charge is -2.24. The molecule has 0 spiro atoms. The second-order valence-corrected chi connectivity index (χ2v) is 5.52. The molecule has 1 aromatic rings. The predicted molar refractivity (Wildman–Crippen MR) is 70.6 cm³/mol. The molecule has 0 saturated heterocycles. The first kappa shape index (κ1) is 14.2. The van der Waals surface area contributed by atoms with E-state index in [0.717, 1.165) is 18.9 Å². The van der Waals surface area contributed by atoms with Crippen molar-refractivity contribution in [2.45, 2.75) is 53.0 Å². The first-order chi connectivity index (χ1) is 8.05. The molecule has 0 unspecified atom stereocenters. The highest BCUT2D eigenvalue weighted by Crippen LogP contribution is 2.22. The molecule has 0 atom stereocenters. The van der Waals surface area contributed by atoms with Crippen molar-refractivity contribution < 1.29 is 0 Å². The molecule has 0 saturated carbocycles. The van der Waals surface area contributed by atoms with Crippen molar-refractivity contribution in [3.63, 3.8) is 0 Å². The van der Waals surface area contributed by atoms with Crippen LogP contribution in [-0.4, -0.2) is 21.3 Å². The number of nitrogens with zero attached hydrogens (tertiary/aromatic N) is 3. The summed E-state index contributed by atoms with van der Waals surface area (Å²) in [5.74, 6) is 0.995. The van der Waals surface area contributed by atoms with Crippen LogP contribution < -0.4 is 5.32 Å². The minimum atomic E-state index is 0.369. The number of nitrogens with one attached hydrogen (secondary N) is 1. The normalized spacial score (nSPS) is 12.0. The molecule has 0 aliphatic heterocycles. The van der Waals surface area contributed by atoms with Crippen LogP contribution in [0.15, 0.2) is 6.33 Å². The smallest absolute Gasteiger partial charge is 0.140 e. The van der Waals surface area contributed by atoms with Crippen LogP contribution in [0.5, 0.6) is 0 Å². The van der Waals surface area contributed by atoms with Gasteiger partial charge in [0.05, 0.1) is 6.54 Å². The second kappa shape index (κ2) is 6.74. The standard InChI is InChI=1S/C13H26N4/c1-5-6-7-8-13(2,3)10-14-9-12-15-11-16-17(12)4/h11,14H,5-10H2,1-4H3. The Bertz CT molecular complexity index is 317. The summed E-state index contributed by atoms with van der Waals surface area (Å²) in [5.41, 5.74) is 0.369. The summed E-state index contributed by atoms with van der Waals surface area (Å²) in [7, 11) is 1.93. The Morgan fingerprint density at radius 1 is 1.35 bits per heavy atom. The molecule has 1 aromatic heterocycles. The van der Waals surface area contributed by atoms with Crippen molar-refractivity contribution in [3.05, 3.63) is 12.2 Å². The highest BCUT2D eigenvalue weighted by Gasteiger charge is 2.16. The van der Waals surface area contributed by atoms with Crippen molar-refractivity contribution in [1.29, 1.82) is 0 Å². The van der Waals surface area contributed by atoms with Crippen LogP contribution in [0.3, 0.4) is 0 Å². The molecule has 0 fully saturated rings. The Balaban J connectivity index is 2.23. The maximum Gasteiger partial charge on any atom is 0.140 e. The van der Waals surface area contributed by atoms with Gasteiger partial charge in [-0.3, -0.25) is 4.68 Å². The molecule has 98 valence electrons. The Kier molecular flexibility index (Phi) is 5.62. The van der Waals surface area contributed by atoms with Crippen molar-refractivity contribution in [2.24, 2.45) is 12.5 Å². The fourth-order valence-electron chi connectivity index (χ4n) is 1.93. The van der Waals surface area contributed by atoms with Crippen molar-refractivity contribution in [3.8, 4) is 0 Å². The van der Waals surface area contributed by atoms with Crippen LogP contribution in [0.25, 0.3) is 0 Å². The fourth-order valence-corrected chi connectivity index (χ4v) is 1.93. The third-order valence-electron chi connectivity index (χ3n) is 3.15. The van der Waals surface area contributed by atoms with Crippen molar-refractivity contribution in [1.82, 2.24) is 20.1 Å². The molecule has 1 rings (SSSR count). The van der Waals surface area contributed by atoms with Crippen LogP contribution in [0.4, 0.5) is 0 Å². The summed E-state index contributed by atoms with van der Waals surface area (Å²) in [6, 6.07) is 0. The molecule has 0 aromatic carbocycles. The number of hydrogen-bond donors (Lipinski definition) is 1. The van der Waals surface area contributed by atoms with Crippen molar-refractivity contribution in [2.75, 3.05) is 6.54 Å². The molecular formula is C13H26N4. The van der Waals surface area contributed by atoms with E-state index in [2.05, 4.69) is 36.2 Å². The van der Waals surface area contributed by atoms with Gasteiger partial charge in [-0.15, -0.1) is 0 Å². The lowest BCUT2D eigenvalue weighted by Crippen LogP contribution is -2.29. The van der Waals surface area contributed by atoms with Gasteiger partial charge in [-0.25, -0.2) is 4.98 Å². The third-order valence-corrected chi connectivity index (χ3v) is 3.15. The van der Waals surface area contributed by atoms with E-state index in [4.69, 9.17) is 0 Å². The maximum atomic E-state index is 4.20. The molecule has 0 aliphatic carbocycles. The van der Waals surface area contributed by atoms with E-state index in [-0.39, 0.29) is 0 Å². The first-order valence-electron chi connectivity index (χ1n) is 6.59. The molecule has 17 heavy (non-hydrogen) atoms. The maximum absolute atomic E-state index is 4.20. The fraction of sp³-hybridized carbons (Fsp3) is 0.846. The number of rotatable bonds is 8. The molecule has 0 aliphatic rings. The van der Waals surface area contributed by atoms with Gasteiger partial charge in [-0.05, 0) is 11.8 Å². The minimum absolute atomic E-state index is 0.369. The zero-order valence-electron chi connectivity index (χ0n) is 11.7. The molecule has 1 N–H and O–H groups in total. The largest absolute Gasteiger partial charge is 0.309 e. The predicted octanol–water partition coefficient (Wildman–Crippen LogP) is 2.51. The van der Waals surface area contributed by atoms with Gasteiger partial charge in [0, 0.05) is 13.6 Å². The van der Waals surface area contributed by atoms with E-state index in [1.54, 1.807) is 6.33 Å². The highest BCUT2D eigenvalue weighted by molar-refractivity contribution is 4.83. The van der Waals surface area contributed by atoms with Crippen LogP contribution in [0.2, 0.25) is 0 Å². The summed E-state index contributed by atoms with van der Waals surface area (Å²) in [5, 5.41) is 7.53. The van der Waals surface area contributed by atoms with E-state index in [0.29, 0.717) is 5.41 Å². The third kappa shape index (κ3) is 5.31. The van der Waals surface area contributed by atoms with E-state index in [9.17, 15) is 0 Å². The van der Waals surface area contributed by atoms with Gasteiger partial charge >= 0.3 is 0 Å². The summed E-state index contributed by atoms with van der Waals surface area (Å²) in [4.78, 5) is 4.20. The first-order valence-corrected chi connectivity index (χ1v) is 6.59. The minimum Gasteiger partial charge on any atom is -0.309 e. The van der Waals surface area contributed by atoms with Gasteiger partial charge in [-0.1, -0.05) is 40.0 Å². The Morgan fingerprint density at radius 3 is 2.71 bits per heavy atom. The summed E-state index contributed by atoms with van der Waals surface area (Å²) < 4.78 is 1.82. The van der Waals surface area contributed by atoms with Gasteiger partial charge in [0.2, 0.25) is 0 Å². The van der Waals surface area contributed by atoms with E-state index >= 15 is 0 Å². The summed E-state index contributed by atoms with van der Waals surface area (Å²) in [6.45, 7) is 8.73. The molecular weight excluding hydrogens is 212 g/mol. The van der Waals surface area contributed by atoms with Gasteiger partial charge in [-0.2, -0.15) is 5.10 Å². The topological polar surface area (TPSA) is 42.7 Å². The molecule has 4 nitrogen and oxygen atoms in total. The SMILES string of the molecule is CCCCCC(C)(C)CNCc1ncnn1C. The lowest BCUT2D eigenvalue weighted by atomic mass is 9.87. The number of aromatic nitrogens is 3. The Hall–Kier alpha value is -0.900. The van der Waals surface area contributed by atoms with Crippen molar-refractivity contribution >= 4 is 0 Å². The summed E-state index contributed by atoms with van der Waals surface area (Å²) >= 11 is 0. The zero-order chi connectivity index (χ0) is 12.7. The quantitative estimate of drug-likeness (QED) is 0.708. The average Bonchev–Trinajstić information content (AvgIpc) is 2.64. The monoisotopic (exact) mass is 238 g/mol. The molecule has 0 radical (unpaired) electrons.